The van der Waals surface area contributed by atoms with Crippen molar-refractivity contribution in [2.24, 2.45) is 4.99 Å². The quantitative estimate of drug-likeness (QED) is 0.604. The number of hydrogen-bond acceptors (Lipinski definition) is 7. The Kier molecular flexibility index (Phi) is 4.35. The number of ether oxygens (including phenoxy) is 4. The predicted molar refractivity (Wildman–Crippen MR) is 77.1 cm³/mol. The molecule has 1 atom stereocenters. The maximum Gasteiger partial charge on any atom is 0.357 e. The zero-order valence-electron chi connectivity index (χ0n) is 12.8. The molecule has 0 bridgehead atoms. The molecule has 1 aliphatic heterocycles. The number of nitrogens with zero attached hydrogens (tertiary/aromatic N) is 1. The number of rotatable bonds is 5. The first-order chi connectivity index (χ1) is 10.5. The van der Waals surface area contributed by atoms with E-state index in [4.69, 9.17) is 18.9 Å². The summed E-state index contributed by atoms with van der Waals surface area (Å²) in [4.78, 5) is 28.9. The second kappa shape index (κ2) is 6.05. The van der Waals surface area contributed by atoms with Crippen molar-refractivity contribution in [3.63, 3.8) is 0 Å². The van der Waals surface area contributed by atoms with Gasteiger partial charge in [-0.1, -0.05) is 0 Å². The van der Waals surface area contributed by atoms with Gasteiger partial charge in [0.25, 0.3) is 5.54 Å². The Balaban J connectivity index is 2.66. The maximum atomic E-state index is 12.4. The molecule has 0 N–H and O–H groups in total. The summed E-state index contributed by atoms with van der Waals surface area (Å²) in [5.74, 6) is -0.724. The van der Waals surface area contributed by atoms with Crippen LogP contribution in [0.5, 0.6) is 11.5 Å². The lowest BCUT2D eigenvalue weighted by Gasteiger charge is -2.22. The summed E-state index contributed by atoms with van der Waals surface area (Å²) in [5, 5.41) is 0. The van der Waals surface area contributed by atoms with Crippen LogP contribution in [0.15, 0.2) is 23.2 Å². The maximum absolute atomic E-state index is 12.4. The molecule has 0 radical (unpaired) electrons. The van der Waals surface area contributed by atoms with E-state index in [0.717, 1.165) is 0 Å². The lowest BCUT2D eigenvalue weighted by atomic mass is 9.90. The zero-order valence-corrected chi connectivity index (χ0v) is 12.8. The third-order valence-electron chi connectivity index (χ3n) is 3.23. The first kappa shape index (κ1) is 15.8. The molecule has 0 saturated carbocycles. The minimum absolute atomic E-state index is 0.0934. The van der Waals surface area contributed by atoms with Crippen molar-refractivity contribution in [1.82, 2.24) is 0 Å². The molecule has 1 heterocycles. The van der Waals surface area contributed by atoms with Crippen LogP contribution in [0.25, 0.3) is 0 Å². The Labute approximate surface area is 127 Å². The van der Waals surface area contributed by atoms with Crippen molar-refractivity contribution in [3.05, 3.63) is 23.8 Å². The van der Waals surface area contributed by atoms with Crippen LogP contribution in [0.2, 0.25) is 0 Å². The summed E-state index contributed by atoms with van der Waals surface area (Å²) in [6.45, 7) is 3.25. The Morgan fingerprint density at radius 2 is 2.05 bits per heavy atom. The fourth-order valence-corrected chi connectivity index (χ4v) is 2.25. The smallest absolute Gasteiger partial charge is 0.357 e. The third-order valence-corrected chi connectivity index (χ3v) is 3.23. The third kappa shape index (κ3) is 2.38. The van der Waals surface area contributed by atoms with E-state index in [1.807, 2.05) is 0 Å². The molecule has 0 aromatic heterocycles. The summed E-state index contributed by atoms with van der Waals surface area (Å²) in [5.41, 5.74) is -1.66. The molecule has 0 amide bonds. The van der Waals surface area contributed by atoms with E-state index in [2.05, 4.69) is 4.99 Å². The van der Waals surface area contributed by atoms with Gasteiger partial charge in [0.05, 0.1) is 20.8 Å². The van der Waals surface area contributed by atoms with Crippen molar-refractivity contribution < 1.29 is 28.5 Å². The lowest BCUT2D eigenvalue weighted by Crippen LogP contribution is -2.41. The number of aliphatic imine (C=N–C) groups is 1. The highest BCUT2D eigenvalue weighted by atomic mass is 16.6. The molecule has 0 saturated heterocycles. The van der Waals surface area contributed by atoms with Crippen LogP contribution in [0.4, 0.5) is 0 Å². The van der Waals surface area contributed by atoms with Gasteiger partial charge in [-0.05, 0) is 19.1 Å². The summed E-state index contributed by atoms with van der Waals surface area (Å²) in [7, 11) is 2.93. The topological polar surface area (TPSA) is 83.4 Å². The number of cyclic esters (lactones) is 1. The van der Waals surface area contributed by atoms with E-state index >= 15 is 0 Å². The van der Waals surface area contributed by atoms with Crippen molar-refractivity contribution >= 4 is 17.8 Å². The summed E-state index contributed by atoms with van der Waals surface area (Å²) < 4.78 is 20.4. The Morgan fingerprint density at radius 1 is 1.32 bits per heavy atom. The van der Waals surface area contributed by atoms with Crippen LogP contribution in [-0.2, 0) is 24.6 Å². The molecular formula is C15H17NO6. The van der Waals surface area contributed by atoms with Gasteiger partial charge in [-0.15, -0.1) is 0 Å². The first-order valence-electron chi connectivity index (χ1n) is 6.68. The number of hydrogen-bond donors (Lipinski definition) is 0. The highest BCUT2D eigenvalue weighted by Crippen LogP contribution is 2.40. The van der Waals surface area contributed by atoms with Gasteiger partial charge in [0, 0.05) is 18.6 Å². The van der Waals surface area contributed by atoms with Crippen LogP contribution < -0.4 is 9.47 Å². The normalized spacial score (nSPS) is 20.2. The summed E-state index contributed by atoms with van der Waals surface area (Å²) in [6.07, 6.45) is 0. The fraction of sp³-hybridized carbons (Fsp3) is 0.400. The van der Waals surface area contributed by atoms with E-state index in [1.165, 1.54) is 27.2 Å². The Hall–Kier alpha value is -2.57. The highest BCUT2D eigenvalue weighted by Gasteiger charge is 2.56. The van der Waals surface area contributed by atoms with Crippen molar-refractivity contribution in [1.29, 1.82) is 0 Å². The molecule has 118 valence electrons. The van der Waals surface area contributed by atoms with Gasteiger partial charge in [0.15, 0.2) is 5.90 Å². The zero-order chi connectivity index (χ0) is 16.3. The molecule has 22 heavy (non-hydrogen) atoms. The fourth-order valence-electron chi connectivity index (χ4n) is 2.25. The van der Waals surface area contributed by atoms with Crippen molar-refractivity contribution in [2.45, 2.75) is 19.4 Å². The Morgan fingerprint density at radius 3 is 2.55 bits per heavy atom. The minimum Gasteiger partial charge on any atom is -0.497 e. The van der Waals surface area contributed by atoms with E-state index < -0.39 is 17.5 Å². The van der Waals surface area contributed by atoms with E-state index in [9.17, 15) is 9.59 Å². The largest absolute Gasteiger partial charge is 0.497 e. The molecule has 1 aromatic carbocycles. The van der Waals surface area contributed by atoms with Gasteiger partial charge in [0.1, 0.15) is 11.5 Å². The molecule has 7 heteroatoms. The summed E-state index contributed by atoms with van der Waals surface area (Å²) in [6, 6.07) is 4.71. The average Bonchev–Trinajstić information content (AvgIpc) is 2.82. The number of methoxy groups -OCH3 is 2. The van der Waals surface area contributed by atoms with E-state index in [1.54, 1.807) is 19.1 Å². The number of carbonyl (C=O) groups is 2. The molecule has 1 aliphatic rings. The second-order valence-corrected chi connectivity index (χ2v) is 4.52. The molecule has 2 rings (SSSR count). The first-order valence-corrected chi connectivity index (χ1v) is 6.68. The van der Waals surface area contributed by atoms with Gasteiger partial charge in [0.2, 0.25) is 0 Å². The second-order valence-electron chi connectivity index (χ2n) is 4.52. The monoisotopic (exact) mass is 307 g/mol. The SMILES string of the molecule is CCOC(=O)C1(c2ccc(OC)cc2OC)N=C(C)OC1=O. The summed E-state index contributed by atoms with van der Waals surface area (Å²) >= 11 is 0. The minimum atomic E-state index is -1.91. The van der Waals surface area contributed by atoms with Crippen LogP contribution in [0.3, 0.4) is 0 Å². The van der Waals surface area contributed by atoms with Crippen molar-refractivity contribution in [2.75, 3.05) is 20.8 Å². The number of benzene rings is 1. The van der Waals surface area contributed by atoms with Crippen LogP contribution in [0, 0.1) is 0 Å². The Bertz CT molecular complexity index is 639. The molecule has 0 fully saturated rings. The molecule has 1 unspecified atom stereocenters. The van der Waals surface area contributed by atoms with Gasteiger partial charge in [-0.2, -0.15) is 0 Å². The average molecular weight is 307 g/mol. The van der Waals surface area contributed by atoms with E-state index in [0.29, 0.717) is 5.75 Å². The lowest BCUT2D eigenvalue weighted by molar-refractivity contribution is -0.158. The van der Waals surface area contributed by atoms with E-state index in [-0.39, 0.29) is 23.8 Å². The van der Waals surface area contributed by atoms with Gasteiger partial charge >= 0.3 is 11.9 Å². The van der Waals surface area contributed by atoms with Crippen LogP contribution in [0.1, 0.15) is 19.4 Å². The molecule has 0 spiro atoms. The van der Waals surface area contributed by atoms with Crippen LogP contribution in [-0.4, -0.2) is 38.7 Å². The van der Waals surface area contributed by atoms with Crippen LogP contribution >= 0.6 is 0 Å². The highest BCUT2D eigenvalue weighted by molar-refractivity contribution is 6.14. The standard InChI is InChI=1S/C15H17NO6/c1-5-21-13(17)15(14(18)22-9(2)16-15)11-7-6-10(19-3)8-12(11)20-4/h6-8H,5H2,1-4H3. The van der Waals surface area contributed by atoms with Gasteiger partial charge in [-0.25, -0.2) is 14.6 Å². The molecule has 0 aliphatic carbocycles. The van der Waals surface area contributed by atoms with Gasteiger partial charge < -0.3 is 18.9 Å². The number of esters is 2. The predicted octanol–water partition coefficient (Wildman–Crippen LogP) is 1.44. The van der Waals surface area contributed by atoms with Crippen molar-refractivity contribution in [3.8, 4) is 11.5 Å². The van der Waals surface area contributed by atoms with Gasteiger partial charge in [-0.3, -0.25) is 0 Å². The molecule has 1 aromatic rings. The molecular weight excluding hydrogens is 290 g/mol. The number of carbonyl (C=O) groups excluding carboxylic acids is 2. The molecule has 7 nitrogen and oxygen atoms in total.